The minimum absolute atomic E-state index is 0.544. The van der Waals surface area contributed by atoms with E-state index in [9.17, 15) is 0 Å². The molecule has 0 aliphatic heterocycles. The van der Waals surface area contributed by atoms with Gasteiger partial charge in [-0.2, -0.15) is 0 Å². The summed E-state index contributed by atoms with van der Waals surface area (Å²) >= 11 is 0. The maximum absolute atomic E-state index is 6.31. The van der Waals surface area contributed by atoms with E-state index < -0.39 is 11.6 Å². The van der Waals surface area contributed by atoms with Crippen LogP contribution in [0.15, 0.2) is 30.3 Å². The second-order valence-electron chi connectivity index (χ2n) is 6.31. The molecular weight excluding hydrogens is 316 g/mol. The van der Waals surface area contributed by atoms with Crippen LogP contribution in [0, 0.1) is 0 Å². The molecule has 0 saturated carbocycles. The Bertz CT molecular complexity index is 436. The first-order valence-corrected chi connectivity index (χ1v) is 9.51. The van der Waals surface area contributed by atoms with Crippen LogP contribution in [0.2, 0.25) is 0 Å². The van der Waals surface area contributed by atoms with Crippen molar-refractivity contribution in [3.8, 4) is 0 Å². The average molecular weight is 353 g/mol. The third-order valence-corrected chi connectivity index (χ3v) is 4.81. The quantitative estimate of drug-likeness (QED) is 0.338. The van der Waals surface area contributed by atoms with Crippen molar-refractivity contribution in [3.05, 3.63) is 35.9 Å². The summed E-state index contributed by atoms with van der Waals surface area (Å²) in [5.74, 6) is -1.28. The van der Waals surface area contributed by atoms with Gasteiger partial charge in [-0.3, -0.25) is 0 Å². The Morgan fingerprint density at radius 3 is 1.84 bits per heavy atom. The molecule has 1 atom stereocenters. The minimum Gasteiger partial charge on any atom is -0.362 e. The molecule has 0 heterocycles. The fourth-order valence-corrected chi connectivity index (χ4v) is 3.57. The Kier molecular flexibility index (Phi) is 10.3. The number of ether oxygens (including phenoxy) is 4. The first kappa shape index (κ1) is 22.1. The molecule has 0 amide bonds. The first-order valence-electron chi connectivity index (χ1n) is 9.51. The summed E-state index contributed by atoms with van der Waals surface area (Å²) in [4.78, 5) is 0. The summed E-state index contributed by atoms with van der Waals surface area (Å²) in [7, 11) is 4.81. The summed E-state index contributed by atoms with van der Waals surface area (Å²) < 4.78 is 23.5. The number of rotatable bonds is 14. The van der Waals surface area contributed by atoms with Crippen LogP contribution in [-0.4, -0.2) is 33.9 Å². The van der Waals surface area contributed by atoms with Gasteiger partial charge in [-0.25, -0.2) is 0 Å². The predicted molar refractivity (Wildman–Crippen MR) is 101 cm³/mol. The van der Waals surface area contributed by atoms with Crippen molar-refractivity contribution in [2.75, 3.05) is 27.9 Å². The van der Waals surface area contributed by atoms with Gasteiger partial charge in [0.2, 0.25) is 0 Å². The zero-order valence-corrected chi connectivity index (χ0v) is 16.7. The normalized spacial score (nSPS) is 14.4. The van der Waals surface area contributed by atoms with Gasteiger partial charge in [0, 0.05) is 27.9 Å². The van der Waals surface area contributed by atoms with Gasteiger partial charge in [0.1, 0.15) is 0 Å². The summed E-state index contributed by atoms with van der Waals surface area (Å²) in [6.07, 6.45) is 8.04. The lowest BCUT2D eigenvalue weighted by molar-refractivity contribution is -0.433. The second kappa shape index (κ2) is 11.6. The highest BCUT2D eigenvalue weighted by molar-refractivity contribution is 5.25. The topological polar surface area (TPSA) is 36.9 Å². The lowest BCUT2D eigenvalue weighted by Crippen LogP contribution is -2.57. The van der Waals surface area contributed by atoms with E-state index in [4.69, 9.17) is 18.9 Å². The highest BCUT2D eigenvalue weighted by Crippen LogP contribution is 2.44. The number of hydrogen-bond acceptors (Lipinski definition) is 4. The molecule has 0 aromatic heterocycles. The van der Waals surface area contributed by atoms with Gasteiger partial charge in [0.25, 0.3) is 0 Å². The third kappa shape index (κ3) is 5.27. The van der Waals surface area contributed by atoms with Crippen LogP contribution in [0.3, 0.4) is 0 Å². The number of hydrogen-bond donors (Lipinski definition) is 0. The zero-order chi connectivity index (χ0) is 18.6. The Hall–Kier alpha value is -0.940. The third-order valence-electron chi connectivity index (χ3n) is 4.81. The Morgan fingerprint density at radius 2 is 1.32 bits per heavy atom. The van der Waals surface area contributed by atoms with E-state index in [1.54, 1.807) is 21.3 Å². The molecule has 25 heavy (non-hydrogen) atoms. The van der Waals surface area contributed by atoms with Crippen LogP contribution < -0.4 is 0 Å². The molecule has 1 aromatic rings. The zero-order valence-electron chi connectivity index (χ0n) is 16.7. The molecule has 0 N–H and O–H groups in total. The van der Waals surface area contributed by atoms with Gasteiger partial charge in [0.15, 0.2) is 5.60 Å². The predicted octanol–water partition coefficient (Wildman–Crippen LogP) is 5.26. The van der Waals surface area contributed by atoms with Crippen molar-refractivity contribution >= 4 is 0 Å². The van der Waals surface area contributed by atoms with Crippen molar-refractivity contribution < 1.29 is 18.9 Å². The second-order valence-corrected chi connectivity index (χ2v) is 6.31. The van der Waals surface area contributed by atoms with E-state index in [1.165, 1.54) is 25.7 Å². The molecule has 0 bridgehead atoms. The molecule has 0 spiro atoms. The molecule has 1 unspecified atom stereocenters. The molecule has 0 aliphatic rings. The molecule has 4 nitrogen and oxygen atoms in total. The van der Waals surface area contributed by atoms with Crippen molar-refractivity contribution in [3.63, 3.8) is 0 Å². The Balaban J connectivity index is 3.10. The van der Waals surface area contributed by atoms with Gasteiger partial charge in [-0.15, -0.1) is 0 Å². The van der Waals surface area contributed by atoms with E-state index >= 15 is 0 Å². The minimum atomic E-state index is -1.28. The van der Waals surface area contributed by atoms with Crippen LogP contribution in [-0.2, 0) is 24.5 Å². The maximum Gasteiger partial charge on any atom is 0.317 e. The van der Waals surface area contributed by atoms with Gasteiger partial charge >= 0.3 is 5.97 Å². The number of benzene rings is 1. The van der Waals surface area contributed by atoms with E-state index in [0.717, 1.165) is 24.8 Å². The van der Waals surface area contributed by atoms with Crippen molar-refractivity contribution in [2.45, 2.75) is 70.4 Å². The van der Waals surface area contributed by atoms with Crippen molar-refractivity contribution in [1.29, 1.82) is 0 Å². The van der Waals surface area contributed by atoms with Crippen molar-refractivity contribution in [1.82, 2.24) is 0 Å². The fraction of sp³-hybridized carbons (Fsp3) is 0.714. The number of unbranched alkanes of at least 4 members (excludes halogenated alkanes) is 5. The highest BCUT2D eigenvalue weighted by atomic mass is 16.9. The smallest absolute Gasteiger partial charge is 0.317 e. The SMILES string of the molecule is CCCCCCCCC(OCC)(c1ccccc1)C(OC)(OC)OC. The molecule has 1 rings (SSSR count). The van der Waals surface area contributed by atoms with Crippen LogP contribution >= 0.6 is 0 Å². The molecule has 0 aliphatic carbocycles. The van der Waals surface area contributed by atoms with Gasteiger partial charge in [-0.05, 0) is 25.3 Å². The molecule has 4 heteroatoms. The van der Waals surface area contributed by atoms with Crippen LogP contribution in [0.4, 0.5) is 0 Å². The van der Waals surface area contributed by atoms with Crippen LogP contribution in [0.5, 0.6) is 0 Å². The largest absolute Gasteiger partial charge is 0.362 e. The average Bonchev–Trinajstić information content (AvgIpc) is 2.66. The molecule has 144 valence electrons. The highest BCUT2D eigenvalue weighted by Gasteiger charge is 2.56. The van der Waals surface area contributed by atoms with Gasteiger partial charge in [-0.1, -0.05) is 69.4 Å². The standard InChI is InChI=1S/C21H36O4/c1-6-8-9-10-11-15-18-20(25-7-2,19-16-13-12-14-17-19)21(22-3,23-4)24-5/h12-14,16-17H,6-11,15,18H2,1-5H3. The Morgan fingerprint density at radius 1 is 0.760 bits per heavy atom. The van der Waals surface area contributed by atoms with E-state index in [0.29, 0.717) is 6.61 Å². The summed E-state index contributed by atoms with van der Waals surface area (Å²) in [5.41, 5.74) is 0.197. The monoisotopic (exact) mass is 352 g/mol. The van der Waals surface area contributed by atoms with Crippen LogP contribution in [0.1, 0.15) is 64.4 Å². The molecule has 0 fully saturated rings. The molecular formula is C21H36O4. The van der Waals surface area contributed by atoms with Crippen molar-refractivity contribution in [2.24, 2.45) is 0 Å². The molecule has 0 radical (unpaired) electrons. The van der Waals surface area contributed by atoms with Crippen LogP contribution in [0.25, 0.3) is 0 Å². The lowest BCUT2D eigenvalue weighted by atomic mass is 9.84. The summed E-state index contributed by atoms with van der Waals surface area (Å²) in [5, 5.41) is 0. The molecule has 0 saturated heterocycles. The van der Waals surface area contributed by atoms with Gasteiger partial charge < -0.3 is 18.9 Å². The summed E-state index contributed by atoms with van der Waals surface area (Å²) in [6.45, 7) is 4.77. The number of methoxy groups -OCH3 is 3. The van der Waals surface area contributed by atoms with Gasteiger partial charge in [0.05, 0.1) is 0 Å². The fourth-order valence-electron chi connectivity index (χ4n) is 3.57. The summed E-state index contributed by atoms with van der Waals surface area (Å²) in [6, 6.07) is 10.1. The first-order chi connectivity index (χ1) is 12.2. The van der Waals surface area contributed by atoms with E-state index in [1.807, 2.05) is 25.1 Å². The van der Waals surface area contributed by atoms with E-state index in [-0.39, 0.29) is 0 Å². The lowest BCUT2D eigenvalue weighted by Gasteiger charge is -2.46. The Labute approximate surface area is 153 Å². The molecule has 1 aromatic carbocycles. The maximum atomic E-state index is 6.31. The van der Waals surface area contributed by atoms with E-state index in [2.05, 4.69) is 19.1 Å².